The van der Waals surface area contributed by atoms with Crippen LogP contribution in [0.3, 0.4) is 0 Å². The average molecular weight is 252 g/mol. The van der Waals surface area contributed by atoms with Crippen LogP contribution in [-0.2, 0) is 6.54 Å². The summed E-state index contributed by atoms with van der Waals surface area (Å²) in [5, 5.41) is 0. The summed E-state index contributed by atoms with van der Waals surface area (Å²) in [4.78, 5) is 9.10. The lowest BCUT2D eigenvalue weighted by Crippen LogP contribution is -1.99. The molecule has 3 aromatic rings. The second-order valence-electron chi connectivity index (χ2n) is 4.60. The van der Waals surface area contributed by atoms with Gasteiger partial charge in [0.2, 0.25) is 0 Å². The SMILES string of the molecule is CCn1c(-c2ccc(N)c(C)c2)nc2cccnc21. The number of aryl methyl sites for hydroxylation is 2. The number of aromatic nitrogens is 3. The first-order chi connectivity index (χ1) is 9.20. The van der Waals surface area contributed by atoms with E-state index in [1.165, 1.54) is 0 Å². The summed E-state index contributed by atoms with van der Waals surface area (Å²) in [5.41, 5.74) is 10.7. The summed E-state index contributed by atoms with van der Waals surface area (Å²) in [6.45, 7) is 4.95. The smallest absolute Gasteiger partial charge is 0.160 e. The van der Waals surface area contributed by atoms with Crippen molar-refractivity contribution in [3.05, 3.63) is 42.1 Å². The number of fused-ring (bicyclic) bond motifs is 1. The van der Waals surface area contributed by atoms with Crippen molar-refractivity contribution < 1.29 is 0 Å². The van der Waals surface area contributed by atoms with Crippen LogP contribution in [0.4, 0.5) is 5.69 Å². The third-order valence-corrected chi connectivity index (χ3v) is 3.35. The first-order valence-electron chi connectivity index (χ1n) is 6.38. The Morgan fingerprint density at radius 2 is 2.11 bits per heavy atom. The van der Waals surface area contributed by atoms with Crippen LogP contribution in [0, 0.1) is 6.92 Å². The Kier molecular flexibility index (Phi) is 2.71. The summed E-state index contributed by atoms with van der Waals surface area (Å²) in [7, 11) is 0. The maximum Gasteiger partial charge on any atom is 0.160 e. The molecule has 0 spiro atoms. The zero-order valence-electron chi connectivity index (χ0n) is 11.1. The van der Waals surface area contributed by atoms with Gasteiger partial charge in [-0.25, -0.2) is 9.97 Å². The van der Waals surface area contributed by atoms with E-state index in [9.17, 15) is 0 Å². The van der Waals surface area contributed by atoms with E-state index in [1.54, 1.807) is 6.20 Å². The molecule has 0 atom stereocenters. The van der Waals surface area contributed by atoms with Gasteiger partial charge in [0.25, 0.3) is 0 Å². The molecule has 2 heterocycles. The van der Waals surface area contributed by atoms with E-state index >= 15 is 0 Å². The maximum atomic E-state index is 5.87. The Hall–Kier alpha value is -2.36. The van der Waals surface area contributed by atoms with Gasteiger partial charge >= 0.3 is 0 Å². The molecule has 0 fully saturated rings. The molecule has 0 amide bonds. The zero-order valence-corrected chi connectivity index (χ0v) is 11.1. The fraction of sp³-hybridized carbons (Fsp3) is 0.200. The van der Waals surface area contributed by atoms with Gasteiger partial charge in [-0.05, 0) is 49.7 Å². The fourth-order valence-electron chi connectivity index (χ4n) is 2.29. The van der Waals surface area contributed by atoms with E-state index < -0.39 is 0 Å². The third kappa shape index (κ3) is 1.85. The quantitative estimate of drug-likeness (QED) is 0.713. The van der Waals surface area contributed by atoms with Crippen LogP contribution in [0.1, 0.15) is 12.5 Å². The van der Waals surface area contributed by atoms with Crippen molar-refractivity contribution in [3.8, 4) is 11.4 Å². The number of nitrogens with two attached hydrogens (primary N) is 1. The van der Waals surface area contributed by atoms with E-state index in [0.29, 0.717) is 0 Å². The predicted octanol–water partition coefficient (Wildman–Crippen LogP) is 3.01. The molecule has 1 aromatic carbocycles. The molecule has 0 aliphatic carbocycles. The second-order valence-corrected chi connectivity index (χ2v) is 4.60. The number of imidazole rings is 1. The molecule has 0 unspecified atom stereocenters. The highest BCUT2D eigenvalue weighted by Gasteiger charge is 2.12. The van der Waals surface area contributed by atoms with Crippen LogP contribution in [0.2, 0.25) is 0 Å². The van der Waals surface area contributed by atoms with Gasteiger partial charge in [-0.3, -0.25) is 0 Å². The number of hydrogen-bond acceptors (Lipinski definition) is 3. The van der Waals surface area contributed by atoms with E-state index in [2.05, 4.69) is 27.5 Å². The minimum Gasteiger partial charge on any atom is -0.399 e. The molecule has 96 valence electrons. The van der Waals surface area contributed by atoms with Crippen molar-refractivity contribution in [3.63, 3.8) is 0 Å². The van der Waals surface area contributed by atoms with Crippen molar-refractivity contribution in [2.45, 2.75) is 20.4 Å². The highest BCUT2D eigenvalue weighted by Crippen LogP contribution is 2.26. The second kappa shape index (κ2) is 4.39. The van der Waals surface area contributed by atoms with Crippen molar-refractivity contribution in [2.24, 2.45) is 0 Å². The van der Waals surface area contributed by atoms with Crippen LogP contribution in [0.25, 0.3) is 22.6 Å². The van der Waals surface area contributed by atoms with E-state index in [4.69, 9.17) is 5.73 Å². The molecule has 4 nitrogen and oxygen atoms in total. The van der Waals surface area contributed by atoms with Gasteiger partial charge in [-0.2, -0.15) is 0 Å². The number of pyridine rings is 1. The summed E-state index contributed by atoms with van der Waals surface area (Å²) in [6.07, 6.45) is 1.80. The highest BCUT2D eigenvalue weighted by atomic mass is 15.1. The molecule has 2 N–H and O–H groups in total. The van der Waals surface area contributed by atoms with E-state index in [0.717, 1.165) is 40.3 Å². The van der Waals surface area contributed by atoms with E-state index in [-0.39, 0.29) is 0 Å². The number of anilines is 1. The number of rotatable bonds is 2. The zero-order chi connectivity index (χ0) is 13.4. The topological polar surface area (TPSA) is 56.7 Å². The highest BCUT2D eigenvalue weighted by molar-refractivity contribution is 5.77. The van der Waals surface area contributed by atoms with Crippen LogP contribution in [-0.4, -0.2) is 14.5 Å². The molecule has 2 aromatic heterocycles. The van der Waals surface area contributed by atoms with Gasteiger partial charge in [0, 0.05) is 24.0 Å². The standard InChI is InChI=1S/C15H16N4/c1-3-19-14(11-6-7-12(16)10(2)9-11)18-13-5-4-8-17-15(13)19/h4-9H,3,16H2,1-2H3. The van der Waals surface area contributed by atoms with Gasteiger partial charge in [0.05, 0.1) is 0 Å². The number of nitrogen functional groups attached to an aromatic ring is 1. The molecule has 0 saturated carbocycles. The number of hydrogen-bond donors (Lipinski definition) is 1. The molecule has 0 radical (unpaired) electrons. The van der Waals surface area contributed by atoms with Gasteiger partial charge in [0.1, 0.15) is 11.3 Å². The van der Waals surface area contributed by atoms with Gasteiger partial charge in [-0.1, -0.05) is 0 Å². The third-order valence-electron chi connectivity index (χ3n) is 3.35. The number of benzene rings is 1. The maximum absolute atomic E-state index is 5.87. The van der Waals surface area contributed by atoms with Crippen molar-refractivity contribution >= 4 is 16.9 Å². The molecule has 4 heteroatoms. The minimum atomic E-state index is 0.807. The van der Waals surface area contributed by atoms with Gasteiger partial charge < -0.3 is 10.3 Å². The summed E-state index contributed by atoms with van der Waals surface area (Å²) in [6, 6.07) is 9.91. The summed E-state index contributed by atoms with van der Waals surface area (Å²) in [5.74, 6) is 0.944. The summed E-state index contributed by atoms with van der Waals surface area (Å²) < 4.78 is 2.13. The Labute approximate surface area is 111 Å². The van der Waals surface area contributed by atoms with Crippen molar-refractivity contribution in [2.75, 3.05) is 5.73 Å². The molecular weight excluding hydrogens is 236 g/mol. The lowest BCUT2D eigenvalue weighted by Gasteiger charge is -2.07. The van der Waals surface area contributed by atoms with Crippen LogP contribution in [0.15, 0.2) is 36.5 Å². The van der Waals surface area contributed by atoms with Crippen LogP contribution < -0.4 is 5.73 Å². The Balaban J connectivity index is 2.26. The molecule has 3 rings (SSSR count). The lowest BCUT2D eigenvalue weighted by molar-refractivity contribution is 0.787. The van der Waals surface area contributed by atoms with E-state index in [1.807, 2.05) is 31.2 Å². The normalized spacial score (nSPS) is 11.1. The summed E-state index contributed by atoms with van der Waals surface area (Å²) >= 11 is 0. The average Bonchev–Trinajstić information content (AvgIpc) is 2.80. The Bertz CT molecular complexity index is 743. The molecule has 0 aliphatic heterocycles. The van der Waals surface area contributed by atoms with Crippen molar-refractivity contribution in [1.82, 2.24) is 14.5 Å². The van der Waals surface area contributed by atoms with Crippen LogP contribution in [0.5, 0.6) is 0 Å². The lowest BCUT2D eigenvalue weighted by atomic mass is 10.1. The minimum absolute atomic E-state index is 0.807. The van der Waals surface area contributed by atoms with Crippen LogP contribution >= 0.6 is 0 Å². The Morgan fingerprint density at radius 3 is 2.84 bits per heavy atom. The predicted molar refractivity (Wildman–Crippen MR) is 77.8 cm³/mol. The first-order valence-corrected chi connectivity index (χ1v) is 6.38. The van der Waals surface area contributed by atoms with Gasteiger partial charge in [-0.15, -0.1) is 0 Å². The molecule has 0 aliphatic rings. The first kappa shape index (κ1) is 11.7. The largest absolute Gasteiger partial charge is 0.399 e. The fourth-order valence-corrected chi connectivity index (χ4v) is 2.29. The number of nitrogens with zero attached hydrogens (tertiary/aromatic N) is 3. The Morgan fingerprint density at radius 1 is 1.26 bits per heavy atom. The van der Waals surface area contributed by atoms with Crippen molar-refractivity contribution in [1.29, 1.82) is 0 Å². The van der Waals surface area contributed by atoms with Gasteiger partial charge in [0.15, 0.2) is 5.65 Å². The molecule has 0 bridgehead atoms. The monoisotopic (exact) mass is 252 g/mol. The molecular formula is C15H16N4. The molecule has 19 heavy (non-hydrogen) atoms. The molecule has 0 saturated heterocycles.